The van der Waals surface area contributed by atoms with Gasteiger partial charge in [0, 0.05) is 12.1 Å². The van der Waals surface area contributed by atoms with Gasteiger partial charge in [0.05, 0.1) is 0 Å². The first-order valence-electron chi connectivity index (χ1n) is 2.76. The minimum atomic E-state index is -2.11. The second-order valence-corrected chi connectivity index (χ2v) is 1.93. The lowest BCUT2D eigenvalue weighted by atomic mass is 10.3. The Morgan fingerprint density at radius 2 is 1.60 bits per heavy atom. The van der Waals surface area contributed by atoms with Crippen molar-refractivity contribution in [2.75, 3.05) is 0 Å². The molecule has 4 heteroatoms. The lowest BCUT2D eigenvalue weighted by molar-refractivity contribution is 0.525. The van der Waals surface area contributed by atoms with E-state index in [1.54, 1.807) is 18.2 Å². The Labute approximate surface area is 58.2 Å². The van der Waals surface area contributed by atoms with Gasteiger partial charge >= 0.3 is 0 Å². The summed E-state index contributed by atoms with van der Waals surface area (Å²) < 4.78 is 0. The Balaban J connectivity index is 2.97. The molecule has 0 bridgehead atoms. The first-order chi connectivity index (χ1) is 4.61. The zero-order valence-electron chi connectivity index (χ0n) is 5.23. The van der Waals surface area contributed by atoms with E-state index in [2.05, 4.69) is 5.84 Å². The molecule has 0 heterocycles. The second kappa shape index (κ2) is 2.36. The van der Waals surface area contributed by atoms with Crippen molar-refractivity contribution in [3.63, 3.8) is 0 Å². The highest BCUT2D eigenvalue weighted by molar-refractivity contribution is 5.42. The monoisotopic (exact) mass is 139 g/mol. The molecular formula is C6H7N2O2-. The Hall–Kier alpha value is -0.940. The highest BCUT2D eigenvalue weighted by atomic mass is 16.9. The van der Waals surface area contributed by atoms with Crippen LogP contribution in [-0.2, 0) is 0 Å². The average Bonchev–Trinajstić information content (AvgIpc) is 1.88. The molecule has 2 N–H and O–H groups in total. The number of benzene rings is 1. The highest BCUT2D eigenvalue weighted by Gasteiger charge is 1.99. The number of rotatable bonds is 1. The maximum atomic E-state index is 10.5. The zero-order valence-corrected chi connectivity index (χ0v) is 5.23. The van der Waals surface area contributed by atoms with Crippen LogP contribution in [0.1, 0.15) is 0 Å². The van der Waals surface area contributed by atoms with Crippen LogP contribution in [0.2, 0.25) is 0 Å². The maximum Gasteiger partial charge on any atom is 0.152 e. The standard InChI is InChI=1S/C6H7N2O2/c7-8(9,10)6-4-2-1-3-5-6/h1-5H,7H2/q-1. The molecule has 0 aromatic heterocycles. The lowest BCUT2D eigenvalue weighted by Crippen LogP contribution is -2.43. The highest BCUT2D eigenvalue weighted by Crippen LogP contribution is 2.13. The van der Waals surface area contributed by atoms with Gasteiger partial charge in [0.1, 0.15) is 0 Å². The molecular weight excluding hydrogens is 132 g/mol. The zero-order chi connectivity index (χ0) is 7.61. The molecule has 54 valence electrons. The van der Waals surface area contributed by atoms with Crippen molar-refractivity contribution in [2.45, 2.75) is 0 Å². The third-order valence-electron chi connectivity index (χ3n) is 1.12. The van der Waals surface area contributed by atoms with Crippen molar-refractivity contribution < 1.29 is 0 Å². The predicted molar refractivity (Wildman–Crippen MR) is 39.2 cm³/mol. The predicted octanol–water partition coefficient (Wildman–Crippen LogP) is 0.863. The first-order valence-corrected chi connectivity index (χ1v) is 2.76. The van der Waals surface area contributed by atoms with Gasteiger partial charge in [0.2, 0.25) is 0 Å². The van der Waals surface area contributed by atoms with Crippen LogP contribution in [0.25, 0.3) is 0 Å². The van der Waals surface area contributed by atoms with Gasteiger partial charge in [0.25, 0.3) is 0 Å². The van der Waals surface area contributed by atoms with Crippen molar-refractivity contribution >= 4 is 5.69 Å². The number of quaternary nitrogens is 1. The Morgan fingerprint density at radius 3 is 1.90 bits per heavy atom. The van der Waals surface area contributed by atoms with Gasteiger partial charge in [-0.1, -0.05) is 18.2 Å². The largest absolute Gasteiger partial charge is 0.606 e. The topological polar surface area (TPSA) is 72.1 Å². The molecule has 0 saturated heterocycles. The number of hydrogen-bond acceptors (Lipinski definition) is 3. The molecule has 0 atom stereocenters. The molecule has 1 aromatic rings. The van der Waals surface area contributed by atoms with E-state index in [-0.39, 0.29) is 5.69 Å². The summed E-state index contributed by atoms with van der Waals surface area (Å²) in [4.78, 5) is -2.11. The minimum Gasteiger partial charge on any atom is -0.606 e. The maximum absolute atomic E-state index is 10.5. The third kappa shape index (κ3) is 1.52. The fraction of sp³-hybridized carbons (Fsp3) is 0. The molecule has 0 saturated carbocycles. The minimum absolute atomic E-state index is 0.00231. The summed E-state index contributed by atoms with van der Waals surface area (Å²) in [5, 5.41) is 20.9. The van der Waals surface area contributed by atoms with Crippen molar-refractivity contribution in [3.05, 3.63) is 40.7 Å². The van der Waals surface area contributed by atoms with Crippen molar-refractivity contribution in [1.29, 1.82) is 0 Å². The summed E-state index contributed by atoms with van der Waals surface area (Å²) in [6, 6.07) is 7.66. The molecule has 0 fully saturated rings. The summed E-state index contributed by atoms with van der Waals surface area (Å²) in [6.45, 7) is 0. The first kappa shape index (κ1) is 7.17. The summed E-state index contributed by atoms with van der Waals surface area (Å²) in [7, 11) is 0. The molecule has 1 aromatic carbocycles. The van der Waals surface area contributed by atoms with E-state index >= 15 is 0 Å². The smallest absolute Gasteiger partial charge is 0.152 e. The van der Waals surface area contributed by atoms with Gasteiger partial charge in [-0.25, -0.2) is 0 Å². The van der Waals surface area contributed by atoms with Gasteiger partial charge < -0.3 is 10.4 Å². The molecule has 0 aliphatic heterocycles. The normalized spacial score (nSPS) is 11.5. The summed E-state index contributed by atoms with van der Waals surface area (Å²) in [6.07, 6.45) is 0. The number of hydrogen-bond donors (Lipinski definition) is 1. The van der Waals surface area contributed by atoms with Gasteiger partial charge in [0.15, 0.2) is 5.69 Å². The van der Waals surface area contributed by atoms with Crippen molar-refractivity contribution in [1.82, 2.24) is 4.92 Å². The molecule has 0 aliphatic rings. The molecule has 0 aliphatic carbocycles. The fourth-order valence-electron chi connectivity index (χ4n) is 0.636. The van der Waals surface area contributed by atoms with Gasteiger partial charge in [-0.2, -0.15) is 5.84 Å². The fourth-order valence-corrected chi connectivity index (χ4v) is 0.636. The average molecular weight is 139 g/mol. The van der Waals surface area contributed by atoms with E-state index in [9.17, 15) is 10.4 Å². The molecule has 0 unspecified atom stereocenters. The van der Waals surface area contributed by atoms with Crippen LogP contribution < -0.4 is 10.8 Å². The molecule has 10 heavy (non-hydrogen) atoms. The lowest BCUT2D eigenvalue weighted by Gasteiger charge is -2.39. The van der Waals surface area contributed by atoms with Crippen molar-refractivity contribution in [3.8, 4) is 0 Å². The van der Waals surface area contributed by atoms with E-state index in [4.69, 9.17) is 0 Å². The van der Waals surface area contributed by atoms with E-state index in [0.29, 0.717) is 0 Å². The quantitative estimate of drug-likeness (QED) is 0.356. The van der Waals surface area contributed by atoms with Crippen LogP contribution in [0, 0.1) is 10.4 Å². The third-order valence-corrected chi connectivity index (χ3v) is 1.12. The van der Waals surface area contributed by atoms with Crippen LogP contribution in [0.4, 0.5) is 5.69 Å². The van der Waals surface area contributed by atoms with Crippen LogP contribution in [-0.4, -0.2) is 0 Å². The molecule has 1 rings (SSSR count). The Bertz CT molecular complexity index is 205. The van der Waals surface area contributed by atoms with E-state index in [1.165, 1.54) is 12.1 Å². The number of nitrogens with two attached hydrogens (primary N) is 1. The Kier molecular flexibility index (Phi) is 1.69. The molecule has 0 spiro atoms. The van der Waals surface area contributed by atoms with Gasteiger partial charge in [-0.05, 0) is 0 Å². The number of nitrogens with zero attached hydrogens (tertiary/aromatic N) is 1. The van der Waals surface area contributed by atoms with Crippen LogP contribution in [0.5, 0.6) is 0 Å². The van der Waals surface area contributed by atoms with E-state index in [0.717, 1.165) is 0 Å². The van der Waals surface area contributed by atoms with Gasteiger partial charge in [-0.3, -0.25) is 4.92 Å². The van der Waals surface area contributed by atoms with Crippen LogP contribution in [0.15, 0.2) is 30.3 Å². The van der Waals surface area contributed by atoms with Crippen LogP contribution >= 0.6 is 0 Å². The second-order valence-electron chi connectivity index (χ2n) is 1.93. The van der Waals surface area contributed by atoms with Crippen LogP contribution in [0.3, 0.4) is 0 Å². The van der Waals surface area contributed by atoms with E-state index < -0.39 is 4.92 Å². The summed E-state index contributed by atoms with van der Waals surface area (Å²) >= 11 is 0. The Morgan fingerprint density at radius 1 is 1.10 bits per heavy atom. The van der Waals surface area contributed by atoms with Gasteiger partial charge in [-0.15, -0.1) is 0 Å². The summed E-state index contributed by atoms with van der Waals surface area (Å²) in [5.74, 6) is 4.68. The summed E-state index contributed by atoms with van der Waals surface area (Å²) in [5.41, 5.74) is 0.00231. The SMILES string of the molecule is N[N+]([O-])([O-])c1ccccc1. The molecule has 0 amide bonds. The van der Waals surface area contributed by atoms with E-state index in [1.807, 2.05) is 0 Å². The van der Waals surface area contributed by atoms with Crippen molar-refractivity contribution in [2.24, 2.45) is 5.84 Å². The molecule has 0 radical (unpaired) electrons. The molecule has 4 nitrogen and oxygen atoms in total.